The van der Waals surface area contributed by atoms with E-state index in [2.05, 4.69) is 15.4 Å². The number of imidazole rings is 1. The normalized spacial score (nSPS) is 11.0. The summed E-state index contributed by atoms with van der Waals surface area (Å²) in [5, 5.41) is 9.43. The molecule has 0 aliphatic rings. The topological polar surface area (TPSA) is 56.4 Å². The highest BCUT2D eigenvalue weighted by molar-refractivity contribution is 7.15. The molecule has 3 rings (SSSR count). The van der Waals surface area contributed by atoms with Gasteiger partial charge in [0.2, 0.25) is 5.88 Å². The number of fused-ring (bicyclic) bond motifs is 1. The Morgan fingerprint density at radius 3 is 3.11 bits per heavy atom. The Morgan fingerprint density at radius 1 is 1.50 bits per heavy atom. The summed E-state index contributed by atoms with van der Waals surface area (Å²) in [4.78, 5) is 5.35. The van der Waals surface area contributed by atoms with Gasteiger partial charge in [-0.2, -0.15) is 10.1 Å². The first-order chi connectivity index (χ1) is 8.78. The smallest absolute Gasteiger partial charge is 0.238 e. The maximum atomic E-state index is 5.30. The number of hydrogen-bond donors (Lipinski definition) is 1. The minimum atomic E-state index is 0.646. The van der Waals surface area contributed by atoms with Gasteiger partial charge in [-0.25, -0.2) is 0 Å². The van der Waals surface area contributed by atoms with Gasteiger partial charge in [0.05, 0.1) is 25.5 Å². The number of methoxy groups -OCH3 is 1. The number of ether oxygens (including phenoxy) is 1. The van der Waals surface area contributed by atoms with Crippen LogP contribution in [0.2, 0.25) is 0 Å². The van der Waals surface area contributed by atoms with E-state index in [1.807, 2.05) is 29.2 Å². The fourth-order valence-electron chi connectivity index (χ4n) is 1.84. The second-order valence-electron chi connectivity index (χ2n) is 3.88. The van der Waals surface area contributed by atoms with E-state index >= 15 is 0 Å². The molecule has 0 spiro atoms. The maximum absolute atomic E-state index is 5.30. The largest absolute Gasteiger partial charge is 0.480 e. The van der Waals surface area contributed by atoms with Gasteiger partial charge >= 0.3 is 0 Å². The van der Waals surface area contributed by atoms with Crippen molar-refractivity contribution in [3.05, 3.63) is 29.7 Å². The van der Waals surface area contributed by atoms with Gasteiger partial charge in [-0.3, -0.25) is 9.08 Å². The number of thiazole rings is 1. The summed E-state index contributed by atoms with van der Waals surface area (Å²) < 4.78 is 9.09. The highest BCUT2D eigenvalue weighted by Crippen LogP contribution is 2.23. The van der Waals surface area contributed by atoms with E-state index in [9.17, 15) is 0 Å². The molecule has 0 aliphatic carbocycles. The Kier molecular flexibility index (Phi) is 2.67. The number of anilines is 1. The first-order valence-corrected chi connectivity index (χ1v) is 6.37. The Morgan fingerprint density at radius 2 is 2.39 bits per heavy atom. The number of aromatic nitrogens is 4. The zero-order valence-electron chi connectivity index (χ0n) is 10.1. The van der Waals surface area contributed by atoms with Crippen LogP contribution in [0.25, 0.3) is 4.96 Å². The van der Waals surface area contributed by atoms with Crippen LogP contribution in [0.3, 0.4) is 0 Å². The Hall–Kier alpha value is -2.02. The van der Waals surface area contributed by atoms with E-state index in [1.54, 1.807) is 29.3 Å². The summed E-state index contributed by atoms with van der Waals surface area (Å²) in [6.45, 7) is 0.646. The minimum absolute atomic E-state index is 0.646. The van der Waals surface area contributed by atoms with Crippen molar-refractivity contribution in [3.63, 3.8) is 0 Å². The molecule has 0 radical (unpaired) electrons. The fraction of sp³-hybridized carbons (Fsp3) is 0.273. The van der Waals surface area contributed by atoms with E-state index in [4.69, 9.17) is 4.74 Å². The van der Waals surface area contributed by atoms with Gasteiger partial charge in [-0.15, -0.1) is 11.3 Å². The highest BCUT2D eigenvalue weighted by Gasteiger charge is 2.13. The molecular formula is C11H13N5OS. The zero-order chi connectivity index (χ0) is 12.5. The molecule has 94 valence electrons. The van der Waals surface area contributed by atoms with Crippen LogP contribution in [0.15, 0.2) is 24.0 Å². The number of aryl methyl sites for hydroxylation is 1. The zero-order valence-corrected chi connectivity index (χ0v) is 10.9. The Bertz CT molecular complexity index is 668. The van der Waals surface area contributed by atoms with Gasteiger partial charge in [0.15, 0.2) is 4.96 Å². The van der Waals surface area contributed by atoms with Crippen molar-refractivity contribution >= 4 is 22.0 Å². The van der Waals surface area contributed by atoms with Crippen molar-refractivity contribution in [2.75, 3.05) is 12.4 Å². The second-order valence-corrected chi connectivity index (χ2v) is 4.75. The highest BCUT2D eigenvalue weighted by atomic mass is 32.1. The molecule has 18 heavy (non-hydrogen) atoms. The lowest BCUT2D eigenvalue weighted by Gasteiger charge is -2.04. The summed E-state index contributed by atoms with van der Waals surface area (Å²) in [5.74, 6) is 0.665. The molecule has 0 bridgehead atoms. The van der Waals surface area contributed by atoms with Gasteiger partial charge in [0.1, 0.15) is 5.69 Å². The van der Waals surface area contributed by atoms with E-state index in [0.29, 0.717) is 12.4 Å². The molecule has 3 heterocycles. The molecule has 0 saturated carbocycles. The lowest BCUT2D eigenvalue weighted by atomic mass is 10.4. The van der Waals surface area contributed by atoms with Gasteiger partial charge in [-0.05, 0) is 0 Å². The van der Waals surface area contributed by atoms with Crippen molar-refractivity contribution in [1.29, 1.82) is 0 Å². The van der Waals surface area contributed by atoms with E-state index in [1.165, 1.54) is 0 Å². The number of nitrogens with one attached hydrogen (secondary N) is 1. The van der Waals surface area contributed by atoms with Gasteiger partial charge in [0, 0.05) is 24.8 Å². The lowest BCUT2D eigenvalue weighted by Crippen LogP contribution is -2.03. The number of hydrogen-bond acceptors (Lipinski definition) is 5. The molecule has 0 unspecified atom stereocenters. The van der Waals surface area contributed by atoms with E-state index < -0.39 is 0 Å². The first-order valence-electron chi connectivity index (χ1n) is 5.49. The SMILES string of the molecule is COc1nc2sccn2c1CNc1cnn(C)c1. The monoisotopic (exact) mass is 263 g/mol. The minimum Gasteiger partial charge on any atom is -0.480 e. The average molecular weight is 263 g/mol. The van der Waals surface area contributed by atoms with Crippen molar-refractivity contribution in [2.45, 2.75) is 6.54 Å². The van der Waals surface area contributed by atoms with Gasteiger partial charge in [0.25, 0.3) is 0 Å². The Labute approximate surface area is 108 Å². The van der Waals surface area contributed by atoms with Gasteiger partial charge < -0.3 is 10.1 Å². The molecule has 6 nitrogen and oxygen atoms in total. The van der Waals surface area contributed by atoms with Crippen LogP contribution < -0.4 is 10.1 Å². The van der Waals surface area contributed by atoms with E-state index in [-0.39, 0.29) is 0 Å². The number of rotatable bonds is 4. The summed E-state index contributed by atoms with van der Waals surface area (Å²) in [6, 6.07) is 0. The van der Waals surface area contributed by atoms with Crippen LogP contribution in [0.5, 0.6) is 5.88 Å². The third-order valence-electron chi connectivity index (χ3n) is 2.68. The average Bonchev–Trinajstić information content (AvgIpc) is 3.02. The molecule has 3 aromatic rings. The van der Waals surface area contributed by atoms with Crippen molar-refractivity contribution in [1.82, 2.24) is 19.2 Å². The van der Waals surface area contributed by atoms with Crippen molar-refractivity contribution in [2.24, 2.45) is 7.05 Å². The molecule has 0 saturated heterocycles. The Balaban J connectivity index is 1.86. The molecule has 0 amide bonds. The summed E-state index contributed by atoms with van der Waals surface area (Å²) in [6.07, 6.45) is 5.71. The predicted molar refractivity (Wildman–Crippen MR) is 70.2 cm³/mol. The third kappa shape index (κ3) is 1.82. The van der Waals surface area contributed by atoms with Crippen molar-refractivity contribution < 1.29 is 4.74 Å². The predicted octanol–water partition coefficient (Wildman–Crippen LogP) is 1.75. The molecule has 0 aliphatic heterocycles. The molecular weight excluding hydrogens is 250 g/mol. The summed E-state index contributed by atoms with van der Waals surface area (Å²) in [7, 11) is 3.53. The quantitative estimate of drug-likeness (QED) is 0.779. The molecule has 0 fully saturated rings. The van der Waals surface area contributed by atoms with Crippen LogP contribution in [0.4, 0.5) is 5.69 Å². The summed E-state index contributed by atoms with van der Waals surface area (Å²) in [5.41, 5.74) is 1.99. The molecule has 0 atom stereocenters. The van der Waals surface area contributed by atoms with Gasteiger partial charge in [-0.1, -0.05) is 0 Å². The number of nitrogens with zero attached hydrogens (tertiary/aromatic N) is 4. The van der Waals surface area contributed by atoms with Crippen molar-refractivity contribution in [3.8, 4) is 5.88 Å². The van der Waals surface area contributed by atoms with E-state index in [0.717, 1.165) is 16.3 Å². The molecule has 0 aromatic carbocycles. The summed E-state index contributed by atoms with van der Waals surface area (Å²) >= 11 is 1.59. The standard InChI is InChI=1S/C11H13N5OS/c1-15-7-8(5-13-15)12-6-9-10(17-2)14-11-16(9)3-4-18-11/h3-5,7,12H,6H2,1-2H3. The lowest BCUT2D eigenvalue weighted by molar-refractivity contribution is 0.395. The van der Waals surface area contributed by atoms with Crippen LogP contribution in [-0.2, 0) is 13.6 Å². The van der Waals surface area contributed by atoms with Crippen LogP contribution in [-0.4, -0.2) is 26.3 Å². The maximum Gasteiger partial charge on any atom is 0.238 e. The van der Waals surface area contributed by atoms with Crippen LogP contribution in [0.1, 0.15) is 5.69 Å². The molecule has 3 aromatic heterocycles. The first kappa shape index (κ1) is 11.1. The van der Waals surface area contributed by atoms with Crippen LogP contribution in [0, 0.1) is 0 Å². The fourth-order valence-corrected chi connectivity index (χ4v) is 2.56. The second kappa shape index (κ2) is 4.34. The third-order valence-corrected chi connectivity index (χ3v) is 3.44. The molecule has 1 N–H and O–H groups in total. The molecule has 7 heteroatoms. The van der Waals surface area contributed by atoms with Crippen LogP contribution >= 0.6 is 11.3 Å².